The molecule has 0 heterocycles. The van der Waals surface area contributed by atoms with E-state index in [9.17, 15) is 4.79 Å². The van der Waals surface area contributed by atoms with E-state index < -0.39 is 5.97 Å². The van der Waals surface area contributed by atoms with Gasteiger partial charge >= 0.3 is 5.97 Å². The fourth-order valence-corrected chi connectivity index (χ4v) is 1.03. The molecule has 0 fully saturated rings. The normalized spacial score (nSPS) is 9.07. The van der Waals surface area contributed by atoms with Crippen molar-refractivity contribution in [2.45, 2.75) is 0 Å². The third-order valence-corrected chi connectivity index (χ3v) is 1.56. The van der Waals surface area contributed by atoms with Gasteiger partial charge in [0.2, 0.25) is 0 Å². The molecule has 15 heavy (non-hydrogen) atoms. The van der Waals surface area contributed by atoms with Crippen molar-refractivity contribution in [2.75, 3.05) is 41.3 Å². The number of rotatable bonds is 4. The fraction of sp³-hybridized carbons (Fsp3) is 0.600. The second-order valence-electron chi connectivity index (χ2n) is 3.34. The quantitative estimate of drug-likeness (QED) is 0.220. The minimum Gasteiger partial charge on any atom is -0.461 e. The zero-order valence-corrected chi connectivity index (χ0v) is 9.86. The first kappa shape index (κ1) is 13.5. The Morgan fingerprint density at radius 1 is 1.33 bits per heavy atom. The number of hydrogen-bond acceptors (Lipinski definition) is 3. The number of carbonyl (C=O) groups excluding carboxylic acids is 1. The highest BCUT2D eigenvalue weighted by Gasteiger charge is 2.03. The molecule has 0 aliphatic carbocycles. The molecule has 86 valence electrons. The second-order valence-corrected chi connectivity index (χ2v) is 3.34. The van der Waals surface area contributed by atoms with Crippen molar-refractivity contribution in [3.63, 3.8) is 0 Å². The van der Waals surface area contributed by atoms with Crippen LogP contribution in [0.4, 0.5) is 0 Å². The number of ether oxygens (including phenoxy) is 1. The van der Waals surface area contributed by atoms with Gasteiger partial charge in [-0.05, 0) is 0 Å². The summed E-state index contributed by atoms with van der Waals surface area (Å²) in [4.78, 5) is 18.8. The SMILES string of the molecule is C=CC(=O)OCCN=C(N(C)C)N(C)C. The highest BCUT2D eigenvalue weighted by atomic mass is 16.5. The molecule has 0 unspecified atom stereocenters. The molecular weight excluding hydrogens is 194 g/mol. The van der Waals surface area contributed by atoms with Crippen LogP contribution in [-0.4, -0.2) is 63.1 Å². The minimum atomic E-state index is -0.415. The van der Waals surface area contributed by atoms with Crippen LogP contribution in [0.3, 0.4) is 0 Å². The van der Waals surface area contributed by atoms with Crippen LogP contribution < -0.4 is 0 Å². The molecule has 0 saturated carbocycles. The van der Waals surface area contributed by atoms with Gasteiger partial charge < -0.3 is 14.5 Å². The van der Waals surface area contributed by atoms with E-state index >= 15 is 0 Å². The van der Waals surface area contributed by atoms with Gasteiger partial charge in [0.05, 0.1) is 6.54 Å². The summed E-state index contributed by atoms with van der Waals surface area (Å²) >= 11 is 0. The molecule has 0 N–H and O–H groups in total. The van der Waals surface area contributed by atoms with Gasteiger partial charge in [-0.3, -0.25) is 0 Å². The predicted molar refractivity (Wildman–Crippen MR) is 60.8 cm³/mol. The summed E-state index contributed by atoms with van der Waals surface area (Å²) < 4.78 is 4.80. The first-order chi connectivity index (χ1) is 6.99. The van der Waals surface area contributed by atoms with Crippen molar-refractivity contribution < 1.29 is 9.53 Å². The number of hydrogen-bond donors (Lipinski definition) is 0. The molecule has 0 aromatic rings. The van der Waals surface area contributed by atoms with Crippen molar-refractivity contribution in [3.8, 4) is 0 Å². The molecule has 0 saturated heterocycles. The largest absolute Gasteiger partial charge is 0.461 e. The van der Waals surface area contributed by atoms with Crippen LogP contribution in [0.1, 0.15) is 0 Å². The van der Waals surface area contributed by atoms with Crippen molar-refractivity contribution in [1.82, 2.24) is 9.80 Å². The molecule has 0 radical (unpaired) electrons. The minimum absolute atomic E-state index is 0.274. The maximum Gasteiger partial charge on any atom is 0.330 e. The average Bonchev–Trinajstić information content (AvgIpc) is 2.15. The van der Waals surface area contributed by atoms with Crippen LogP contribution in [0.5, 0.6) is 0 Å². The van der Waals surface area contributed by atoms with E-state index in [0.29, 0.717) is 6.54 Å². The third-order valence-electron chi connectivity index (χ3n) is 1.56. The van der Waals surface area contributed by atoms with Gasteiger partial charge in [0.25, 0.3) is 0 Å². The summed E-state index contributed by atoms with van der Waals surface area (Å²) in [7, 11) is 7.65. The summed E-state index contributed by atoms with van der Waals surface area (Å²) in [6, 6.07) is 0. The Bertz CT molecular complexity index is 237. The fourth-order valence-electron chi connectivity index (χ4n) is 1.03. The van der Waals surface area contributed by atoms with Gasteiger partial charge in [-0.15, -0.1) is 0 Å². The summed E-state index contributed by atoms with van der Waals surface area (Å²) in [5.74, 6) is 0.422. The smallest absolute Gasteiger partial charge is 0.330 e. The van der Waals surface area contributed by atoms with Gasteiger partial charge in [-0.1, -0.05) is 6.58 Å². The lowest BCUT2D eigenvalue weighted by Crippen LogP contribution is -2.35. The molecular formula is C10H19N3O2. The predicted octanol–water partition coefficient (Wildman–Crippen LogP) is 0.195. The lowest BCUT2D eigenvalue weighted by molar-refractivity contribution is -0.137. The van der Waals surface area contributed by atoms with Crippen LogP contribution in [-0.2, 0) is 9.53 Å². The van der Waals surface area contributed by atoms with Crippen molar-refractivity contribution in [2.24, 2.45) is 4.99 Å². The van der Waals surface area contributed by atoms with E-state index in [4.69, 9.17) is 4.74 Å². The van der Waals surface area contributed by atoms with Gasteiger partial charge in [0.1, 0.15) is 6.61 Å². The number of aliphatic imine (C=N–C) groups is 1. The van der Waals surface area contributed by atoms with Crippen molar-refractivity contribution >= 4 is 11.9 Å². The third kappa shape index (κ3) is 5.72. The van der Waals surface area contributed by atoms with E-state index in [1.165, 1.54) is 0 Å². The first-order valence-corrected chi connectivity index (χ1v) is 4.67. The van der Waals surface area contributed by atoms with Crippen molar-refractivity contribution in [1.29, 1.82) is 0 Å². The molecule has 0 amide bonds. The summed E-state index contributed by atoms with van der Waals surface area (Å²) in [5.41, 5.74) is 0. The van der Waals surface area contributed by atoms with Crippen LogP contribution in [0.25, 0.3) is 0 Å². The number of nitrogens with zero attached hydrogens (tertiary/aromatic N) is 3. The van der Waals surface area contributed by atoms with Crippen LogP contribution in [0.2, 0.25) is 0 Å². The van der Waals surface area contributed by atoms with Gasteiger partial charge in [-0.2, -0.15) is 0 Å². The number of carbonyl (C=O) groups is 1. The van der Waals surface area contributed by atoms with Gasteiger partial charge in [-0.25, -0.2) is 9.79 Å². The highest BCUT2D eigenvalue weighted by Crippen LogP contribution is 1.89. The molecule has 0 aromatic heterocycles. The maximum absolute atomic E-state index is 10.7. The monoisotopic (exact) mass is 213 g/mol. The van der Waals surface area contributed by atoms with Crippen LogP contribution >= 0.6 is 0 Å². The van der Waals surface area contributed by atoms with Gasteiger partial charge in [0.15, 0.2) is 5.96 Å². The zero-order chi connectivity index (χ0) is 11.8. The van der Waals surface area contributed by atoms with Crippen LogP contribution in [0.15, 0.2) is 17.6 Å². The average molecular weight is 213 g/mol. The lowest BCUT2D eigenvalue weighted by atomic mass is 10.6. The van der Waals surface area contributed by atoms with E-state index in [1.54, 1.807) is 0 Å². The summed E-state index contributed by atoms with van der Waals surface area (Å²) in [6.07, 6.45) is 1.14. The van der Waals surface area contributed by atoms with Crippen LogP contribution in [0, 0.1) is 0 Å². The van der Waals surface area contributed by atoms with E-state index in [1.807, 2.05) is 38.0 Å². The molecule has 5 heteroatoms. The van der Waals surface area contributed by atoms with E-state index in [-0.39, 0.29) is 6.61 Å². The first-order valence-electron chi connectivity index (χ1n) is 4.67. The van der Waals surface area contributed by atoms with E-state index in [0.717, 1.165) is 12.0 Å². The lowest BCUT2D eigenvalue weighted by Gasteiger charge is -2.22. The molecule has 0 aromatic carbocycles. The molecule has 0 bridgehead atoms. The zero-order valence-electron chi connectivity index (χ0n) is 9.86. The van der Waals surface area contributed by atoms with E-state index in [2.05, 4.69) is 11.6 Å². The molecule has 0 aliphatic rings. The topological polar surface area (TPSA) is 45.1 Å². The second kappa shape index (κ2) is 6.86. The Kier molecular flexibility index (Phi) is 6.17. The Hall–Kier alpha value is -1.52. The highest BCUT2D eigenvalue weighted by molar-refractivity contribution is 5.81. The molecule has 0 aliphatic heterocycles. The number of guanidine groups is 1. The summed E-state index contributed by atoms with van der Waals surface area (Å²) in [6.45, 7) is 4.03. The maximum atomic E-state index is 10.7. The Labute approximate surface area is 91.0 Å². The van der Waals surface area contributed by atoms with Gasteiger partial charge in [0, 0.05) is 34.3 Å². The molecule has 0 rings (SSSR count). The Morgan fingerprint density at radius 2 is 1.87 bits per heavy atom. The standard InChI is InChI=1S/C10H19N3O2/c1-6-9(14)15-8-7-11-10(12(2)3)13(4)5/h6H,1,7-8H2,2-5H3. The Morgan fingerprint density at radius 3 is 2.27 bits per heavy atom. The number of esters is 1. The Balaban J connectivity index is 4.01. The molecule has 0 spiro atoms. The molecule has 5 nitrogen and oxygen atoms in total. The molecule has 0 atom stereocenters. The van der Waals surface area contributed by atoms with Crippen molar-refractivity contribution in [3.05, 3.63) is 12.7 Å². The summed E-state index contributed by atoms with van der Waals surface area (Å²) in [5, 5.41) is 0.